The molecule has 1 aliphatic rings. The third-order valence-electron chi connectivity index (χ3n) is 3.51. The van der Waals surface area contributed by atoms with Gasteiger partial charge in [0.25, 0.3) is 0 Å². The minimum absolute atomic E-state index is 0.0713. The summed E-state index contributed by atoms with van der Waals surface area (Å²) >= 11 is 0. The monoisotopic (exact) mass is 261 g/mol. The van der Waals surface area contributed by atoms with Crippen molar-refractivity contribution in [3.05, 3.63) is 35.9 Å². The predicted molar refractivity (Wildman–Crippen MR) is 71.6 cm³/mol. The molecule has 4 heteroatoms. The molecule has 0 saturated heterocycles. The lowest BCUT2D eigenvalue weighted by Crippen LogP contribution is -2.42. The number of carbonyl (C=O) groups excluding carboxylic acids is 2. The minimum atomic E-state index is -0.442. The molecular formula is C15H19NO3. The Hall–Kier alpha value is -1.84. The van der Waals surface area contributed by atoms with E-state index in [1.165, 1.54) is 0 Å². The number of amides is 1. The summed E-state index contributed by atoms with van der Waals surface area (Å²) in [4.78, 5) is 22.6. The van der Waals surface area contributed by atoms with Crippen molar-refractivity contribution < 1.29 is 14.3 Å². The summed E-state index contributed by atoms with van der Waals surface area (Å²) in [7, 11) is 0. The molecule has 0 radical (unpaired) electrons. The van der Waals surface area contributed by atoms with Crippen molar-refractivity contribution in [3.63, 3.8) is 0 Å². The fraction of sp³-hybridized carbons (Fsp3) is 0.467. The van der Waals surface area contributed by atoms with E-state index in [2.05, 4.69) is 5.32 Å². The zero-order valence-electron chi connectivity index (χ0n) is 10.9. The summed E-state index contributed by atoms with van der Waals surface area (Å²) in [5, 5.41) is 2.80. The molecule has 4 nitrogen and oxygen atoms in total. The van der Waals surface area contributed by atoms with Gasteiger partial charge in [0.2, 0.25) is 0 Å². The van der Waals surface area contributed by atoms with Gasteiger partial charge in [-0.3, -0.25) is 0 Å². The molecule has 2 atom stereocenters. The Kier molecular flexibility index (Phi) is 4.95. The predicted octanol–water partition coefficient (Wildman–Crippen LogP) is 2.67. The lowest BCUT2D eigenvalue weighted by Gasteiger charge is -2.27. The SMILES string of the molecule is O=C[C@H]1CCCCC1NC(=O)OCc1ccccc1. The Bertz CT molecular complexity index is 419. The maximum Gasteiger partial charge on any atom is 0.407 e. The van der Waals surface area contributed by atoms with Crippen LogP contribution in [0.5, 0.6) is 0 Å². The Morgan fingerprint density at radius 3 is 2.74 bits per heavy atom. The topological polar surface area (TPSA) is 55.4 Å². The molecule has 2 rings (SSSR count). The number of nitrogens with one attached hydrogen (secondary N) is 1. The zero-order valence-corrected chi connectivity index (χ0v) is 10.9. The number of hydrogen-bond donors (Lipinski definition) is 1. The van der Waals surface area contributed by atoms with Gasteiger partial charge in [0.1, 0.15) is 12.9 Å². The number of alkyl carbamates (subject to hydrolysis) is 1. The van der Waals surface area contributed by atoms with Gasteiger partial charge < -0.3 is 14.8 Å². The molecule has 1 amide bonds. The van der Waals surface area contributed by atoms with Crippen LogP contribution in [0, 0.1) is 5.92 Å². The Morgan fingerprint density at radius 1 is 1.26 bits per heavy atom. The van der Waals surface area contributed by atoms with Gasteiger partial charge >= 0.3 is 6.09 Å². The molecule has 1 unspecified atom stereocenters. The number of rotatable bonds is 4. The van der Waals surface area contributed by atoms with Crippen LogP contribution in [-0.2, 0) is 16.1 Å². The molecule has 0 aliphatic heterocycles. The second-order valence-electron chi connectivity index (χ2n) is 4.90. The zero-order chi connectivity index (χ0) is 13.5. The van der Waals surface area contributed by atoms with Crippen molar-refractivity contribution >= 4 is 12.4 Å². The fourth-order valence-corrected chi connectivity index (χ4v) is 2.42. The van der Waals surface area contributed by atoms with Gasteiger partial charge in [-0.25, -0.2) is 4.79 Å². The maximum atomic E-state index is 11.7. The molecule has 1 aromatic carbocycles. The van der Waals surface area contributed by atoms with Crippen LogP contribution in [0.4, 0.5) is 4.79 Å². The average molecular weight is 261 g/mol. The van der Waals surface area contributed by atoms with Crippen LogP contribution in [0.1, 0.15) is 31.2 Å². The van der Waals surface area contributed by atoms with Crippen LogP contribution in [0.25, 0.3) is 0 Å². The highest BCUT2D eigenvalue weighted by Gasteiger charge is 2.26. The first kappa shape index (κ1) is 13.6. The molecular weight excluding hydrogens is 242 g/mol. The average Bonchev–Trinajstić information content (AvgIpc) is 2.47. The highest BCUT2D eigenvalue weighted by molar-refractivity contribution is 5.68. The van der Waals surface area contributed by atoms with E-state index < -0.39 is 6.09 Å². The van der Waals surface area contributed by atoms with Gasteiger partial charge in [-0.1, -0.05) is 43.2 Å². The number of hydrogen-bond acceptors (Lipinski definition) is 3. The maximum absolute atomic E-state index is 11.7. The summed E-state index contributed by atoms with van der Waals surface area (Å²) in [6.45, 7) is 0.255. The summed E-state index contributed by atoms with van der Waals surface area (Å²) < 4.78 is 5.16. The first-order valence-corrected chi connectivity index (χ1v) is 6.72. The molecule has 102 valence electrons. The summed E-state index contributed by atoms with van der Waals surface area (Å²) in [5.41, 5.74) is 0.952. The van der Waals surface area contributed by atoms with E-state index in [9.17, 15) is 9.59 Å². The highest BCUT2D eigenvalue weighted by Crippen LogP contribution is 2.22. The minimum Gasteiger partial charge on any atom is -0.445 e. The van der Waals surface area contributed by atoms with E-state index in [0.717, 1.165) is 37.5 Å². The highest BCUT2D eigenvalue weighted by atomic mass is 16.5. The summed E-state index contributed by atoms with van der Waals surface area (Å²) in [6.07, 6.45) is 4.31. The van der Waals surface area contributed by atoms with Crippen LogP contribution in [0.2, 0.25) is 0 Å². The van der Waals surface area contributed by atoms with Crippen molar-refractivity contribution in [2.75, 3.05) is 0 Å². The van der Waals surface area contributed by atoms with E-state index in [4.69, 9.17) is 4.74 Å². The number of aldehydes is 1. The second kappa shape index (κ2) is 6.92. The molecule has 1 saturated carbocycles. The Labute approximate surface area is 113 Å². The third kappa shape index (κ3) is 4.09. The molecule has 19 heavy (non-hydrogen) atoms. The van der Waals surface area contributed by atoms with E-state index in [1.54, 1.807) is 0 Å². The molecule has 1 N–H and O–H groups in total. The van der Waals surface area contributed by atoms with Crippen LogP contribution in [-0.4, -0.2) is 18.4 Å². The van der Waals surface area contributed by atoms with Crippen molar-refractivity contribution in [1.29, 1.82) is 0 Å². The molecule has 0 bridgehead atoms. The molecule has 0 spiro atoms. The summed E-state index contributed by atoms with van der Waals surface area (Å²) in [5.74, 6) is -0.0713. The van der Waals surface area contributed by atoms with Crippen LogP contribution >= 0.6 is 0 Å². The lowest BCUT2D eigenvalue weighted by atomic mass is 9.86. The van der Waals surface area contributed by atoms with E-state index in [0.29, 0.717) is 0 Å². The number of carbonyl (C=O) groups is 2. The molecule has 1 aliphatic carbocycles. The van der Waals surface area contributed by atoms with Crippen LogP contribution < -0.4 is 5.32 Å². The normalized spacial score (nSPS) is 22.5. The van der Waals surface area contributed by atoms with E-state index in [1.807, 2.05) is 30.3 Å². The summed E-state index contributed by atoms with van der Waals surface area (Å²) in [6, 6.07) is 9.46. The molecule has 0 aromatic heterocycles. The lowest BCUT2D eigenvalue weighted by molar-refractivity contribution is -0.112. The van der Waals surface area contributed by atoms with Crippen molar-refractivity contribution in [3.8, 4) is 0 Å². The number of benzene rings is 1. The fourth-order valence-electron chi connectivity index (χ4n) is 2.42. The van der Waals surface area contributed by atoms with Gasteiger partial charge in [-0.2, -0.15) is 0 Å². The first-order chi connectivity index (χ1) is 9.29. The largest absolute Gasteiger partial charge is 0.445 e. The van der Waals surface area contributed by atoms with Crippen LogP contribution in [0.3, 0.4) is 0 Å². The Balaban J connectivity index is 1.79. The van der Waals surface area contributed by atoms with Crippen molar-refractivity contribution in [2.45, 2.75) is 38.3 Å². The smallest absolute Gasteiger partial charge is 0.407 e. The van der Waals surface area contributed by atoms with Gasteiger partial charge in [0.15, 0.2) is 0 Å². The Morgan fingerprint density at radius 2 is 2.00 bits per heavy atom. The van der Waals surface area contributed by atoms with Crippen molar-refractivity contribution in [2.24, 2.45) is 5.92 Å². The molecule has 0 heterocycles. The molecule has 1 fully saturated rings. The van der Waals surface area contributed by atoms with Gasteiger partial charge in [0, 0.05) is 12.0 Å². The van der Waals surface area contributed by atoms with Gasteiger partial charge in [-0.15, -0.1) is 0 Å². The van der Waals surface area contributed by atoms with E-state index >= 15 is 0 Å². The quantitative estimate of drug-likeness (QED) is 0.848. The van der Waals surface area contributed by atoms with Gasteiger partial charge in [-0.05, 0) is 18.4 Å². The number of ether oxygens (including phenoxy) is 1. The third-order valence-corrected chi connectivity index (χ3v) is 3.51. The standard InChI is InChI=1S/C15H19NO3/c17-10-13-8-4-5-9-14(13)16-15(18)19-11-12-6-2-1-3-7-12/h1-3,6-7,10,13-14H,4-5,8-9,11H2,(H,16,18)/t13-,14?/m1/s1. The molecule has 1 aromatic rings. The van der Waals surface area contributed by atoms with Gasteiger partial charge in [0.05, 0.1) is 0 Å². The van der Waals surface area contributed by atoms with Crippen molar-refractivity contribution in [1.82, 2.24) is 5.32 Å². The second-order valence-corrected chi connectivity index (χ2v) is 4.90. The van der Waals surface area contributed by atoms with Crippen LogP contribution in [0.15, 0.2) is 30.3 Å². The van der Waals surface area contributed by atoms with E-state index in [-0.39, 0.29) is 18.6 Å². The first-order valence-electron chi connectivity index (χ1n) is 6.72.